The topological polar surface area (TPSA) is 44.0 Å². The Balaban J connectivity index is 1.74. The number of hydrogen-bond acceptors (Lipinski definition) is 3. The quantitative estimate of drug-likeness (QED) is 0.836. The first-order valence-corrected chi connectivity index (χ1v) is 6.16. The number of likely N-dealkylation sites (N-methyl/N-ethyl adjacent to an activating group) is 1. The van der Waals surface area contributed by atoms with Crippen molar-refractivity contribution in [1.29, 1.82) is 0 Å². The summed E-state index contributed by atoms with van der Waals surface area (Å²) in [5.74, 6) is 0. The first-order valence-electron chi connectivity index (χ1n) is 6.16. The normalized spacial score (nSPS) is 20.5. The molecule has 1 unspecified atom stereocenters. The Morgan fingerprint density at radius 2 is 2.41 bits per heavy atom. The van der Waals surface area contributed by atoms with Crippen molar-refractivity contribution in [2.24, 2.45) is 0 Å². The summed E-state index contributed by atoms with van der Waals surface area (Å²) < 4.78 is 0. The fourth-order valence-electron chi connectivity index (χ4n) is 2.51. The van der Waals surface area contributed by atoms with Crippen molar-refractivity contribution in [2.45, 2.75) is 19.0 Å². The van der Waals surface area contributed by atoms with Crippen molar-refractivity contribution in [2.75, 3.05) is 20.1 Å². The Morgan fingerprint density at radius 3 is 3.24 bits per heavy atom. The third kappa shape index (κ3) is 2.18. The number of H-pyrrole nitrogens is 1. The van der Waals surface area contributed by atoms with Crippen molar-refractivity contribution < 1.29 is 0 Å². The Bertz CT molecular complexity index is 499. The van der Waals surface area contributed by atoms with Crippen LogP contribution < -0.4 is 5.32 Å². The average molecular weight is 230 g/mol. The van der Waals surface area contributed by atoms with E-state index in [1.54, 1.807) is 6.33 Å². The van der Waals surface area contributed by atoms with E-state index in [-0.39, 0.29) is 0 Å². The predicted molar refractivity (Wildman–Crippen MR) is 68.8 cm³/mol. The maximum atomic E-state index is 4.24. The molecule has 1 aromatic heterocycles. The van der Waals surface area contributed by atoms with E-state index in [1.807, 2.05) is 0 Å². The number of benzene rings is 1. The van der Waals surface area contributed by atoms with E-state index in [1.165, 1.54) is 12.0 Å². The van der Waals surface area contributed by atoms with Gasteiger partial charge in [0.25, 0.3) is 0 Å². The van der Waals surface area contributed by atoms with Gasteiger partial charge in [-0.1, -0.05) is 6.07 Å². The van der Waals surface area contributed by atoms with E-state index in [0.717, 1.165) is 30.7 Å². The highest BCUT2D eigenvalue weighted by molar-refractivity contribution is 5.74. The minimum Gasteiger partial charge on any atom is -0.345 e. The van der Waals surface area contributed by atoms with Crippen LogP contribution in [0.5, 0.6) is 0 Å². The summed E-state index contributed by atoms with van der Waals surface area (Å²) in [5, 5.41) is 3.41. The van der Waals surface area contributed by atoms with Gasteiger partial charge in [-0.3, -0.25) is 4.90 Å². The molecule has 4 heteroatoms. The zero-order valence-corrected chi connectivity index (χ0v) is 10.1. The zero-order chi connectivity index (χ0) is 11.7. The molecule has 1 aliphatic rings. The molecule has 2 heterocycles. The number of nitrogens with zero attached hydrogens (tertiary/aromatic N) is 2. The second-order valence-electron chi connectivity index (χ2n) is 4.82. The molecule has 2 N–H and O–H groups in total. The first-order chi connectivity index (χ1) is 8.33. The Kier molecular flexibility index (Phi) is 2.82. The Hall–Kier alpha value is -1.39. The minimum atomic E-state index is 0.674. The maximum Gasteiger partial charge on any atom is 0.0931 e. The fourth-order valence-corrected chi connectivity index (χ4v) is 2.51. The summed E-state index contributed by atoms with van der Waals surface area (Å²) in [6, 6.07) is 7.12. The third-order valence-electron chi connectivity index (χ3n) is 3.57. The van der Waals surface area contributed by atoms with Crippen LogP contribution in [-0.4, -0.2) is 41.0 Å². The van der Waals surface area contributed by atoms with E-state index >= 15 is 0 Å². The van der Waals surface area contributed by atoms with Crippen LogP contribution >= 0.6 is 0 Å². The minimum absolute atomic E-state index is 0.674. The molecule has 0 aliphatic carbocycles. The van der Waals surface area contributed by atoms with Gasteiger partial charge in [-0.25, -0.2) is 4.98 Å². The van der Waals surface area contributed by atoms with Gasteiger partial charge in [-0.15, -0.1) is 0 Å². The molecule has 1 atom stereocenters. The molecule has 0 amide bonds. The molecule has 90 valence electrons. The summed E-state index contributed by atoms with van der Waals surface area (Å²) >= 11 is 0. The highest BCUT2D eigenvalue weighted by Crippen LogP contribution is 2.15. The molecule has 0 spiro atoms. The number of hydrogen-bond donors (Lipinski definition) is 2. The van der Waals surface area contributed by atoms with Gasteiger partial charge in [0.1, 0.15) is 0 Å². The van der Waals surface area contributed by atoms with Crippen LogP contribution in [0.3, 0.4) is 0 Å². The largest absolute Gasteiger partial charge is 0.345 e. The SMILES string of the molecule is CN(Cc1ccc2nc[nH]c2c1)C1CCNC1. The van der Waals surface area contributed by atoms with Crippen LogP contribution in [0.15, 0.2) is 24.5 Å². The maximum absolute atomic E-state index is 4.24. The standard InChI is InChI=1S/C13H18N4/c1-17(11-4-5-14-7-11)8-10-2-3-12-13(6-10)16-9-15-12/h2-3,6,9,11,14H,4-5,7-8H2,1H3,(H,15,16). The van der Waals surface area contributed by atoms with Crippen LogP contribution in [-0.2, 0) is 6.54 Å². The van der Waals surface area contributed by atoms with Crippen LogP contribution in [0.25, 0.3) is 11.0 Å². The van der Waals surface area contributed by atoms with E-state index in [2.05, 4.69) is 45.4 Å². The molecule has 0 saturated carbocycles. The van der Waals surface area contributed by atoms with E-state index in [9.17, 15) is 0 Å². The number of aromatic nitrogens is 2. The molecule has 17 heavy (non-hydrogen) atoms. The van der Waals surface area contributed by atoms with Crippen molar-refractivity contribution in [3.05, 3.63) is 30.1 Å². The van der Waals surface area contributed by atoms with Crippen LogP contribution in [0.2, 0.25) is 0 Å². The molecular formula is C13H18N4. The number of fused-ring (bicyclic) bond motifs is 1. The highest BCUT2D eigenvalue weighted by atomic mass is 15.2. The Morgan fingerprint density at radius 1 is 1.47 bits per heavy atom. The van der Waals surface area contributed by atoms with Gasteiger partial charge >= 0.3 is 0 Å². The fraction of sp³-hybridized carbons (Fsp3) is 0.462. The molecule has 3 rings (SSSR count). The summed E-state index contributed by atoms with van der Waals surface area (Å²) in [5.41, 5.74) is 3.51. The van der Waals surface area contributed by atoms with Gasteiger partial charge in [-0.2, -0.15) is 0 Å². The van der Waals surface area contributed by atoms with Crippen LogP contribution in [0, 0.1) is 0 Å². The highest BCUT2D eigenvalue weighted by Gasteiger charge is 2.18. The number of imidazole rings is 1. The van der Waals surface area contributed by atoms with Gasteiger partial charge in [0.2, 0.25) is 0 Å². The van der Waals surface area contributed by atoms with E-state index in [0.29, 0.717) is 6.04 Å². The van der Waals surface area contributed by atoms with Gasteiger partial charge in [0, 0.05) is 19.1 Å². The molecule has 0 bridgehead atoms. The lowest BCUT2D eigenvalue weighted by Crippen LogP contribution is -2.32. The molecule has 1 aliphatic heterocycles. The van der Waals surface area contributed by atoms with Gasteiger partial charge < -0.3 is 10.3 Å². The summed E-state index contributed by atoms with van der Waals surface area (Å²) in [4.78, 5) is 9.83. The number of aromatic amines is 1. The second-order valence-corrected chi connectivity index (χ2v) is 4.82. The van der Waals surface area contributed by atoms with Crippen molar-refractivity contribution in [1.82, 2.24) is 20.2 Å². The van der Waals surface area contributed by atoms with E-state index in [4.69, 9.17) is 0 Å². The van der Waals surface area contributed by atoms with Crippen molar-refractivity contribution in [3.8, 4) is 0 Å². The predicted octanol–water partition coefficient (Wildman–Crippen LogP) is 1.36. The molecular weight excluding hydrogens is 212 g/mol. The van der Waals surface area contributed by atoms with E-state index < -0.39 is 0 Å². The number of nitrogens with one attached hydrogen (secondary N) is 2. The zero-order valence-electron chi connectivity index (χ0n) is 10.1. The molecule has 0 radical (unpaired) electrons. The van der Waals surface area contributed by atoms with Crippen molar-refractivity contribution in [3.63, 3.8) is 0 Å². The molecule has 2 aromatic rings. The lowest BCUT2D eigenvalue weighted by molar-refractivity contribution is 0.249. The number of rotatable bonds is 3. The molecule has 1 aromatic carbocycles. The molecule has 4 nitrogen and oxygen atoms in total. The third-order valence-corrected chi connectivity index (χ3v) is 3.57. The molecule has 1 fully saturated rings. The van der Waals surface area contributed by atoms with Gasteiger partial charge in [0.15, 0.2) is 0 Å². The first kappa shape index (κ1) is 10.7. The summed E-state index contributed by atoms with van der Waals surface area (Å²) in [7, 11) is 2.20. The summed E-state index contributed by atoms with van der Waals surface area (Å²) in [6.45, 7) is 3.26. The lowest BCUT2D eigenvalue weighted by Gasteiger charge is -2.23. The summed E-state index contributed by atoms with van der Waals surface area (Å²) in [6.07, 6.45) is 3.00. The lowest BCUT2D eigenvalue weighted by atomic mass is 10.1. The van der Waals surface area contributed by atoms with Gasteiger partial charge in [-0.05, 0) is 37.7 Å². The Labute approximate surface area is 101 Å². The van der Waals surface area contributed by atoms with Crippen LogP contribution in [0.4, 0.5) is 0 Å². The second kappa shape index (κ2) is 4.47. The average Bonchev–Trinajstić information content (AvgIpc) is 2.99. The van der Waals surface area contributed by atoms with Crippen LogP contribution in [0.1, 0.15) is 12.0 Å². The smallest absolute Gasteiger partial charge is 0.0931 e. The van der Waals surface area contributed by atoms with Crippen molar-refractivity contribution >= 4 is 11.0 Å². The molecule has 1 saturated heterocycles. The monoisotopic (exact) mass is 230 g/mol. The van der Waals surface area contributed by atoms with Gasteiger partial charge in [0.05, 0.1) is 17.4 Å².